The molecule has 1 aliphatic carbocycles. The largest absolute Gasteiger partial charge is 0.296 e. The summed E-state index contributed by atoms with van der Waals surface area (Å²) in [5.41, 5.74) is 4.07. The van der Waals surface area contributed by atoms with Gasteiger partial charge in [0.1, 0.15) is 5.82 Å². The number of aromatic amines is 1. The topological polar surface area (TPSA) is 49.7 Å². The van der Waals surface area contributed by atoms with Crippen molar-refractivity contribution in [2.24, 2.45) is 0 Å². The molecule has 3 aromatic rings. The van der Waals surface area contributed by atoms with Crippen LogP contribution in [0.15, 0.2) is 42.7 Å². The van der Waals surface area contributed by atoms with Gasteiger partial charge >= 0.3 is 0 Å². The first-order chi connectivity index (χ1) is 11.7. The van der Waals surface area contributed by atoms with Crippen molar-refractivity contribution in [3.05, 3.63) is 65.5 Å². The van der Waals surface area contributed by atoms with E-state index in [0.717, 1.165) is 23.5 Å². The molecule has 0 aliphatic heterocycles. The Balaban J connectivity index is 1.50. The molecule has 2 aromatic heterocycles. The maximum Gasteiger partial charge on any atom is 0.123 e. The molecular formula is C18H20FN5. The molecule has 0 atom stereocenters. The number of benzene rings is 1. The van der Waals surface area contributed by atoms with E-state index >= 15 is 0 Å². The van der Waals surface area contributed by atoms with Crippen LogP contribution in [-0.2, 0) is 13.1 Å². The van der Waals surface area contributed by atoms with E-state index in [1.54, 1.807) is 23.0 Å². The van der Waals surface area contributed by atoms with E-state index in [1.807, 2.05) is 19.3 Å². The Morgan fingerprint density at radius 1 is 1.29 bits per heavy atom. The Labute approximate surface area is 140 Å². The van der Waals surface area contributed by atoms with Crippen molar-refractivity contribution in [2.75, 3.05) is 7.05 Å². The minimum absolute atomic E-state index is 0.230. The lowest BCUT2D eigenvalue weighted by molar-refractivity contribution is 0.314. The highest BCUT2D eigenvalue weighted by molar-refractivity contribution is 5.40. The normalized spacial score (nSPS) is 14.5. The maximum atomic E-state index is 13.7. The Hall–Kier alpha value is -2.47. The molecule has 0 spiro atoms. The summed E-state index contributed by atoms with van der Waals surface area (Å²) in [6, 6.07) is 8.83. The van der Waals surface area contributed by atoms with Crippen LogP contribution >= 0.6 is 0 Å². The van der Waals surface area contributed by atoms with Crippen molar-refractivity contribution >= 4 is 0 Å². The van der Waals surface area contributed by atoms with Gasteiger partial charge in [0.2, 0.25) is 0 Å². The van der Waals surface area contributed by atoms with Crippen LogP contribution in [0, 0.1) is 5.82 Å². The van der Waals surface area contributed by atoms with Gasteiger partial charge in [0.25, 0.3) is 0 Å². The van der Waals surface area contributed by atoms with Gasteiger partial charge in [0.05, 0.1) is 11.4 Å². The zero-order valence-electron chi connectivity index (χ0n) is 13.6. The summed E-state index contributed by atoms with van der Waals surface area (Å²) in [6.45, 7) is 1.37. The molecule has 4 rings (SSSR count). The zero-order chi connectivity index (χ0) is 16.5. The van der Waals surface area contributed by atoms with Gasteiger partial charge in [-0.1, -0.05) is 0 Å². The fourth-order valence-corrected chi connectivity index (χ4v) is 3.00. The van der Waals surface area contributed by atoms with Gasteiger partial charge in [-0.2, -0.15) is 10.2 Å². The average Bonchev–Trinajstić information content (AvgIpc) is 3.06. The van der Waals surface area contributed by atoms with E-state index in [2.05, 4.69) is 26.3 Å². The van der Waals surface area contributed by atoms with E-state index < -0.39 is 0 Å². The number of nitrogens with one attached hydrogen (secondary N) is 1. The van der Waals surface area contributed by atoms with Gasteiger partial charge in [-0.25, -0.2) is 9.07 Å². The highest BCUT2D eigenvalue weighted by Crippen LogP contribution is 2.39. The minimum Gasteiger partial charge on any atom is -0.296 e. The first kappa shape index (κ1) is 15.1. The molecule has 124 valence electrons. The Morgan fingerprint density at radius 2 is 2.17 bits per heavy atom. The van der Waals surface area contributed by atoms with Crippen LogP contribution in [0.2, 0.25) is 0 Å². The number of H-pyrrole nitrogens is 1. The molecule has 1 saturated carbocycles. The first-order valence-electron chi connectivity index (χ1n) is 8.20. The van der Waals surface area contributed by atoms with E-state index in [-0.39, 0.29) is 5.82 Å². The predicted molar refractivity (Wildman–Crippen MR) is 89.3 cm³/mol. The van der Waals surface area contributed by atoms with Crippen molar-refractivity contribution in [1.29, 1.82) is 0 Å². The maximum absolute atomic E-state index is 13.7. The van der Waals surface area contributed by atoms with Crippen LogP contribution in [0.25, 0.3) is 5.69 Å². The van der Waals surface area contributed by atoms with Crippen LogP contribution in [-0.4, -0.2) is 31.9 Å². The van der Waals surface area contributed by atoms with E-state index in [1.165, 1.54) is 24.6 Å². The third-order valence-electron chi connectivity index (χ3n) is 4.32. The summed E-state index contributed by atoms with van der Waals surface area (Å²) in [7, 11) is 2.02. The van der Waals surface area contributed by atoms with Crippen LogP contribution in [0.1, 0.15) is 35.7 Å². The molecule has 24 heavy (non-hydrogen) atoms. The van der Waals surface area contributed by atoms with E-state index in [4.69, 9.17) is 0 Å². The molecule has 0 saturated heterocycles. The molecule has 0 bridgehead atoms. The molecule has 6 heteroatoms. The lowest BCUT2D eigenvalue weighted by Crippen LogP contribution is -2.19. The molecule has 0 radical (unpaired) electrons. The highest BCUT2D eigenvalue weighted by Gasteiger charge is 2.26. The summed E-state index contributed by atoms with van der Waals surface area (Å²) >= 11 is 0. The summed E-state index contributed by atoms with van der Waals surface area (Å²) in [5.74, 6) is 0.418. The summed E-state index contributed by atoms with van der Waals surface area (Å²) in [5, 5.41) is 11.8. The molecule has 2 heterocycles. The quantitative estimate of drug-likeness (QED) is 0.757. The van der Waals surface area contributed by atoms with Crippen LogP contribution in [0.3, 0.4) is 0 Å². The number of hydrogen-bond donors (Lipinski definition) is 1. The lowest BCUT2D eigenvalue weighted by atomic mass is 10.1. The minimum atomic E-state index is -0.230. The van der Waals surface area contributed by atoms with Gasteiger partial charge in [0, 0.05) is 37.1 Å². The Morgan fingerprint density at radius 3 is 2.92 bits per heavy atom. The van der Waals surface area contributed by atoms with Gasteiger partial charge in [-0.15, -0.1) is 0 Å². The third-order valence-corrected chi connectivity index (χ3v) is 4.32. The summed E-state index contributed by atoms with van der Waals surface area (Å²) < 4.78 is 15.5. The number of halogens is 1. The second kappa shape index (κ2) is 6.20. The molecule has 1 aliphatic rings. The van der Waals surface area contributed by atoms with Crippen molar-refractivity contribution in [2.45, 2.75) is 31.8 Å². The summed E-state index contributed by atoms with van der Waals surface area (Å²) in [4.78, 5) is 2.14. The summed E-state index contributed by atoms with van der Waals surface area (Å²) in [6.07, 6.45) is 6.09. The van der Waals surface area contributed by atoms with Crippen molar-refractivity contribution in [3.8, 4) is 5.69 Å². The fourth-order valence-electron chi connectivity index (χ4n) is 3.00. The SMILES string of the molecule is CN(Cc1cc(C2CC2)n[nH]1)Cc1cc(F)ccc1-n1cccn1. The molecule has 0 amide bonds. The number of aromatic nitrogens is 4. The smallest absolute Gasteiger partial charge is 0.123 e. The van der Waals surface area contributed by atoms with Crippen LogP contribution in [0.4, 0.5) is 4.39 Å². The first-order valence-corrected chi connectivity index (χ1v) is 8.20. The van der Waals surface area contributed by atoms with Crippen molar-refractivity contribution in [3.63, 3.8) is 0 Å². The van der Waals surface area contributed by atoms with Gasteiger partial charge in [-0.3, -0.25) is 10.00 Å². The van der Waals surface area contributed by atoms with E-state index in [9.17, 15) is 4.39 Å². The highest BCUT2D eigenvalue weighted by atomic mass is 19.1. The molecule has 0 unspecified atom stereocenters. The number of hydrogen-bond acceptors (Lipinski definition) is 3. The monoisotopic (exact) mass is 325 g/mol. The van der Waals surface area contributed by atoms with Crippen LogP contribution < -0.4 is 0 Å². The van der Waals surface area contributed by atoms with Gasteiger partial charge in [0.15, 0.2) is 0 Å². The fraction of sp³-hybridized carbons (Fsp3) is 0.333. The molecule has 1 fully saturated rings. The number of rotatable bonds is 6. The molecule has 1 N–H and O–H groups in total. The lowest BCUT2D eigenvalue weighted by Gasteiger charge is -2.18. The third kappa shape index (κ3) is 3.23. The van der Waals surface area contributed by atoms with Crippen LogP contribution in [0.5, 0.6) is 0 Å². The second-order valence-electron chi connectivity index (χ2n) is 6.49. The molecular weight excluding hydrogens is 305 g/mol. The van der Waals surface area contributed by atoms with Gasteiger partial charge in [-0.05, 0) is 55.8 Å². The number of nitrogens with zero attached hydrogens (tertiary/aromatic N) is 4. The van der Waals surface area contributed by atoms with E-state index in [0.29, 0.717) is 12.5 Å². The second-order valence-corrected chi connectivity index (χ2v) is 6.49. The zero-order valence-corrected chi connectivity index (χ0v) is 13.6. The van der Waals surface area contributed by atoms with Crippen molar-refractivity contribution < 1.29 is 4.39 Å². The molecule has 5 nitrogen and oxygen atoms in total. The van der Waals surface area contributed by atoms with Crippen molar-refractivity contribution in [1.82, 2.24) is 24.9 Å². The predicted octanol–water partition coefficient (Wildman–Crippen LogP) is 3.24. The Kier molecular flexibility index (Phi) is 3.90. The Bertz CT molecular complexity index is 820. The van der Waals surface area contributed by atoms with Gasteiger partial charge < -0.3 is 0 Å². The average molecular weight is 325 g/mol. The molecule has 1 aromatic carbocycles. The standard InChI is InChI=1S/C18H20FN5/c1-23(12-16-10-17(22-21-16)13-3-4-13)11-14-9-15(19)5-6-18(14)24-8-2-7-20-24/h2,5-10,13H,3-4,11-12H2,1H3,(H,21,22).